The monoisotopic (exact) mass is 856 g/mol. The Bertz CT molecular complexity index is 1400. The normalized spacial score (nSPS) is 13.2. The summed E-state index contributed by atoms with van der Waals surface area (Å²) < 4.78 is 30.3. The van der Waals surface area contributed by atoms with Gasteiger partial charge in [0.05, 0.1) is 0 Å². The molecule has 9 nitrogen and oxygen atoms in total. The number of aliphatic carboxylic acids is 3. The first kappa shape index (κ1) is 47.5. The van der Waals surface area contributed by atoms with Gasteiger partial charge in [-0.2, -0.15) is 40.5 Å². The molecule has 0 heterocycles. The Morgan fingerprint density at radius 2 is 1.19 bits per heavy atom. The highest BCUT2D eigenvalue weighted by Gasteiger charge is 2.20. The third kappa shape index (κ3) is 16.7. The zero-order valence-electron chi connectivity index (χ0n) is 26.6. The Morgan fingerprint density at radius 1 is 0.729 bits per heavy atom. The van der Waals surface area contributed by atoms with Crippen molar-refractivity contribution < 1.29 is 48.3 Å². The average Bonchev–Trinajstić information content (AvgIpc) is 2.97. The van der Waals surface area contributed by atoms with Gasteiger partial charge in [0.15, 0.2) is 29.9 Å². The van der Waals surface area contributed by atoms with Gasteiger partial charge in [-0.05, 0) is 98.7 Å². The highest BCUT2D eigenvalue weighted by atomic mass is 79.9. The number of carboxylic acids is 3. The van der Waals surface area contributed by atoms with E-state index in [4.69, 9.17) is 29.5 Å². The van der Waals surface area contributed by atoms with E-state index in [1.807, 2.05) is 36.4 Å². The molecular formula is C33H43Br2FO9S3. The predicted molar refractivity (Wildman–Crippen MR) is 205 cm³/mol. The molecule has 3 atom stereocenters. The van der Waals surface area contributed by atoms with E-state index in [1.54, 1.807) is 32.0 Å². The first-order valence-corrected chi connectivity index (χ1v) is 15.9. The fourth-order valence-electron chi connectivity index (χ4n) is 3.83. The summed E-state index contributed by atoms with van der Waals surface area (Å²) in [7, 11) is 0. The van der Waals surface area contributed by atoms with Crippen LogP contribution in [0.25, 0.3) is 0 Å². The van der Waals surface area contributed by atoms with E-state index in [0.717, 1.165) is 4.47 Å². The van der Waals surface area contributed by atoms with E-state index in [9.17, 15) is 18.8 Å². The number of benzene rings is 3. The Kier molecular flexibility index (Phi) is 24.3. The third-order valence-electron chi connectivity index (χ3n) is 6.66. The van der Waals surface area contributed by atoms with Gasteiger partial charge in [0, 0.05) is 8.95 Å². The van der Waals surface area contributed by atoms with Crippen molar-refractivity contribution in [3.63, 3.8) is 0 Å². The van der Waals surface area contributed by atoms with Crippen LogP contribution < -0.4 is 14.2 Å². The number of ether oxygens (including phenoxy) is 3. The van der Waals surface area contributed by atoms with Gasteiger partial charge in [-0.25, -0.2) is 18.8 Å². The first-order chi connectivity index (χ1) is 21.3. The molecule has 0 amide bonds. The van der Waals surface area contributed by atoms with Gasteiger partial charge in [-0.1, -0.05) is 64.3 Å². The largest absolute Gasteiger partial charge is 0.479 e. The van der Waals surface area contributed by atoms with Crippen LogP contribution in [0.4, 0.5) is 4.39 Å². The van der Waals surface area contributed by atoms with Crippen molar-refractivity contribution in [2.45, 2.75) is 77.1 Å². The zero-order valence-corrected chi connectivity index (χ0v) is 32.8. The van der Waals surface area contributed by atoms with Crippen molar-refractivity contribution in [2.24, 2.45) is 0 Å². The lowest BCUT2D eigenvalue weighted by Gasteiger charge is -2.25. The quantitative estimate of drug-likeness (QED) is 0.163. The fraction of sp³-hybridized carbons (Fsp3) is 0.364. The maximum absolute atomic E-state index is 13.3. The number of carbonyl (C=O) groups is 3. The van der Waals surface area contributed by atoms with Crippen molar-refractivity contribution in [1.82, 2.24) is 0 Å². The van der Waals surface area contributed by atoms with Crippen LogP contribution in [0.1, 0.15) is 64.4 Å². The minimum atomic E-state index is -1.10. The molecule has 3 aromatic rings. The number of hydrogen-bond donors (Lipinski definition) is 3. The molecule has 1 aliphatic carbocycles. The standard InChI is InChI=1S/C13H16O3.C10H10BrFO3.C10H11BrO3.3H2S/c1-9(13(14)15)16-12-7-5-11(6-8-12)10-3-2-4-10;1-2-8(10(13)14)15-9-4-3-6(11)5-7(9)12;1-2-9(10(12)13)14-8-5-3-7(11)4-6-8;;;/h5-10H,2-4H2,1H3,(H,14,15);3-5,8H,2H2,1H3,(H,13,14);3-6,9H,2H2,1H3,(H,12,13);3*1H2/t9-;8-;9-;;;/m000.../s1. The Morgan fingerprint density at radius 3 is 1.60 bits per heavy atom. The second kappa shape index (κ2) is 24.5. The van der Waals surface area contributed by atoms with Crippen LogP contribution in [0.15, 0.2) is 75.7 Å². The van der Waals surface area contributed by atoms with E-state index < -0.39 is 42.0 Å². The summed E-state index contributed by atoms with van der Waals surface area (Å²) in [6.07, 6.45) is 2.01. The Hall–Kier alpha value is -2.59. The van der Waals surface area contributed by atoms with Crippen molar-refractivity contribution in [3.05, 3.63) is 87.1 Å². The van der Waals surface area contributed by atoms with Crippen molar-refractivity contribution >= 4 is 90.3 Å². The fourth-order valence-corrected chi connectivity index (χ4v) is 4.43. The molecule has 3 N–H and O–H groups in total. The summed E-state index contributed by atoms with van der Waals surface area (Å²) >= 11 is 6.38. The molecule has 0 saturated heterocycles. The van der Waals surface area contributed by atoms with Crippen LogP contribution in [0, 0.1) is 5.82 Å². The van der Waals surface area contributed by atoms with Crippen LogP contribution in [0.5, 0.6) is 17.2 Å². The molecular weight excluding hydrogens is 815 g/mol. The average molecular weight is 859 g/mol. The molecule has 1 saturated carbocycles. The second-order valence-electron chi connectivity index (χ2n) is 10.0. The molecule has 1 aliphatic rings. The Balaban J connectivity index is 0. The molecule has 0 radical (unpaired) electrons. The molecule has 15 heteroatoms. The summed E-state index contributed by atoms with van der Waals surface area (Å²) in [6.45, 7) is 4.97. The second-order valence-corrected chi connectivity index (χ2v) is 11.9. The van der Waals surface area contributed by atoms with E-state index >= 15 is 0 Å². The molecule has 0 unspecified atom stereocenters. The Labute approximate surface area is 318 Å². The summed E-state index contributed by atoms with van der Waals surface area (Å²) in [6, 6.07) is 19.1. The number of carboxylic acid groups (broad SMARTS) is 3. The van der Waals surface area contributed by atoms with Crippen LogP contribution in [0.3, 0.4) is 0 Å². The van der Waals surface area contributed by atoms with E-state index in [-0.39, 0.29) is 52.7 Å². The van der Waals surface area contributed by atoms with E-state index in [2.05, 4.69) is 31.9 Å². The van der Waals surface area contributed by atoms with Gasteiger partial charge < -0.3 is 29.5 Å². The van der Waals surface area contributed by atoms with Crippen LogP contribution in [-0.4, -0.2) is 51.5 Å². The van der Waals surface area contributed by atoms with E-state index in [1.165, 1.54) is 43.9 Å². The molecule has 48 heavy (non-hydrogen) atoms. The van der Waals surface area contributed by atoms with Crippen molar-refractivity contribution in [2.75, 3.05) is 0 Å². The van der Waals surface area contributed by atoms with Crippen molar-refractivity contribution in [1.29, 1.82) is 0 Å². The molecule has 0 spiro atoms. The highest BCUT2D eigenvalue weighted by molar-refractivity contribution is 9.10. The smallest absolute Gasteiger partial charge is 0.344 e. The van der Waals surface area contributed by atoms with E-state index in [0.29, 0.717) is 28.3 Å². The van der Waals surface area contributed by atoms with Gasteiger partial charge in [-0.15, -0.1) is 0 Å². The molecule has 0 bridgehead atoms. The molecule has 0 aliphatic heterocycles. The minimum absolute atomic E-state index is 0. The topological polar surface area (TPSA) is 140 Å². The number of halogens is 3. The zero-order chi connectivity index (χ0) is 33.5. The SMILES string of the molecule is CC[C@H](Oc1ccc(Br)cc1)C(=O)O.CC[C@H](Oc1ccc(Br)cc1F)C(=O)O.C[C@H](Oc1ccc(C2CCC2)cc1)C(=O)O.S.S.S. The molecule has 0 aromatic heterocycles. The number of hydrogen-bond acceptors (Lipinski definition) is 6. The molecule has 4 rings (SSSR count). The van der Waals surface area contributed by atoms with Gasteiger partial charge in [0.25, 0.3) is 0 Å². The third-order valence-corrected chi connectivity index (χ3v) is 7.69. The first-order valence-electron chi connectivity index (χ1n) is 14.3. The van der Waals surface area contributed by atoms with Crippen molar-refractivity contribution in [3.8, 4) is 17.2 Å². The molecule has 268 valence electrons. The van der Waals surface area contributed by atoms with Gasteiger partial charge in [0.2, 0.25) is 0 Å². The lowest BCUT2D eigenvalue weighted by atomic mass is 9.80. The van der Waals surface area contributed by atoms with Gasteiger partial charge >= 0.3 is 17.9 Å². The molecule has 1 fully saturated rings. The van der Waals surface area contributed by atoms with Crippen LogP contribution >= 0.6 is 72.3 Å². The molecule has 3 aromatic carbocycles. The number of rotatable bonds is 12. The predicted octanol–water partition coefficient (Wildman–Crippen LogP) is 8.67. The lowest BCUT2D eigenvalue weighted by Crippen LogP contribution is -2.26. The summed E-state index contributed by atoms with van der Waals surface area (Å²) in [4.78, 5) is 31.9. The highest BCUT2D eigenvalue weighted by Crippen LogP contribution is 2.36. The van der Waals surface area contributed by atoms with Gasteiger partial charge in [-0.3, -0.25) is 0 Å². The minimum Gasteiger partial charge on any atom is -0.479 e. The van der Waals surface area contributed by atoms with Gasteiger partial charge in [0.1, 0.15) is 11.5 Å². The van der Waals surface area contributed by atoms with Crippen LogP contribution in [-0.2, 0) is 14.4 Å². The summed E-state index contributed by atoms with van der Waals surface area (Å²) in [5.41, 5.74) is 1.33. The van der Waals surface area contributed by atoms with Crippen LogP contribution in [0.2, 0.25) is 0 Å². The summed E-state index contributed by atoms with van der Waals surface area (Å²) in [5.74, 6) is -1.71. The summed E-state index contributed by atoms with van der Waals surface area (Å²) in [5, 5.41) is 26.2. The lowest BCUT2D eigenvalue weighted by molar-refractivity contribution is -0.146. The maximum Gasteiger partial charge on any atom is 0.344 e. The maximum atomic E-state index is 13.3.